The number of Topliss-reactive ketones (excluding diaryl/α,β-unsaturated/α-hetero) is 1. The molecule has 0 spiro atoms. The van der Waals surface area contributed by atoms with Gasteiger partial charge in [-0.1, -0.05) is 0 Å². The second-order valence-electron chi connectivity index (χ2n) is 2.61. The van der Waals surface area contributed by atoms with E-state index in [4.69, 9.17) is 4.52 Å². The van der Waals surface area contributed by atoms with Crippen LogP contribution in [0.15, 0.2) is 0 Å². The van der Waals surface area contributed by atoms with E-state index in [0.717, 1.165) is 0 Å². The quantitative estimate of drug-likeness (QED) is 0.604. The zero-order valence-corrected chi connectivity index (χ0v) is 8.19. The molecular weight excluding hydrogens is 163 g/mol. The Morgan fingerprint density at radius 2 is 2.09 bits per heavy atom. The lowest BCUT2D eigenvalue weighted by atomic mass is 10.4. The molecule has 0 aromatic carbocycles. The van der Waals surface area contributed by atoms with Crippen LogP contribution in [0.4, 0.5) is 0 Å². The topological polar surface area (TPSA) is 43.4 Å². The fourth-order valence-electron chi connectivity index (χ4n) is 0.698. The Hall–Kier alpha value is -0.140. The molecule has 11 heavy (non-hydrogen) atoms. The van der Waals surface area contributed by atoms with Gasteiger partial charge in [-0.25, -0.2) is 0 Å². The Balaban J connectivity index is 3.73. The van der Waals surface area contributed by atoms with Crippen molar-refractivity contribution < 1.29 is 13.9 Å². The maximum atomic E-state index is 11.3. The minimum Gasteiger partial charge on any atom is -0.329 e. The van der Waals surface area contributed by atoms with Crippen LogP contribution in [0.2, 0.25) is 0 Å². The lowest BCUT2D eigenvalue weighted by molar-refractivity contribution is -0.116. The minimum absolute atomic E-state index is 0.0618. The fraction of sp³-hybridized carbons (Fsp3) is 0.857. The summed E-state index contributed by atoms with van der Waals surface area (Å²) in [5, 5.41) is 0. The van der Waals surface area contributed by atoms with Gasteiger partial charge >= 0.3 is 0 Å². The third-order valence-electron chi connectivity index (χ3n) is 1.27. The monoisotopic (exact) mass is 178 g/mol. The molecule has 0 amide bonds. The van der Waals surface area contributed by atoms with Gasteiger partial charge in [-0.2, -0.15) is 0 Å². The molecule has 0 heterocycles. The van der Waals surface area contributed by atoms with Gasteiger partial charge in [0, 0.05) is 19.2 Å². The first-order chi connectivity index (χ1) is 4.98. The molecule has 66 valence electrons. The van der Waals surface area contributed by atoms with Crippen molar-refractivity contribution in [1.29, 1.82) is 0 Å². The predicted molar refractivity (Wildman–Crippen MR) is 45.3 cm³/mol. The average Bonchev–Trinajstić information content (AvgIpc) is 1.84. The molecule has 0 unspecified atom stereocenters. The average molecular weight is 178 g/mol. The van der Waals surface area contributed by atoms with E-state index in [1.807, 2.05) is 0 Å². The van der Waals surface area contributed by atoms with E-state index in [2.05, 4.69) is 0 Å². The molecule has 4 heteroatoms. The molecule has 0 fully saturated rings. The number of ketones is 1. The van der Waals surface area contributed by atoms with Crippen molar-refractivity contribution in [2.24, 2.45) is 0 Å². The zero-order chi connectivity index (χ0) is 8.91. The molecule has 0 aliphatic carbocycles. The number of carbonyl (C=O) groups excluding carboxylic acids is 1. The number of rotatable bonds is 5. The van der Waals surface area contributed by atoms with Gasteiger partial charge in [-0.3, -0.25) is 4.57 Å². The highest BCUT2D eigenvalue weighted by molar-refractivity contribution is 7.58. The first kappa shape index (κ1) is 10.9. The summed E-state index contributed by atoms with van der Waals surface area (Å²) in [4.78, 5) is 10.5. The van der Waals surface area contributed by atoms with Crippen molar-refractivity contribution >= 4 is 13.2 Å². The second-order valence-corrected chi connectivity index (χ2v) is 5.34. The molecule has 0 saturated carbocycles. The van der Waals surface area contributed by atoms with Crippen LogP contribution in [0.5, 0.6) is 0 Å². The van der Waals surface area contributed by atoms with Gasteiger partial charge < -0.3 is 9.32 Å². The Kier molecular flexibility index (Phi) is 4.62. The highest BCUT2D eigenvalue weighted by atomic mass is 31.2. The van der Waals surface area contributed by atoms with Crippen molar-refractivity contribution in [3.63, 3.8) is 0 Å². The molecular formula is C7H15O3P. The molecule has 0 N–H and O–H groups in total. The van der Waals surface area contributed by atoms with Crippen LogP contribution >= 0.6 is 7.37 Å². The van der Waals surface area contributed by atoms with Crippen LogP contribution in [0.1, 0.15) is 20.3 Å². The summed E-state index contributed by atoms with van der Waals surface area (Å²) in [6.07, 6.45) is 0.726. The van der Waals surface area contributed by atoms with E-state index in [9.17, 15) is 9.36 Å². The van der Waals surface area contributed by atoms with Crippen LogP contribution in [-0.4, -0.2) is 25.2 Å². The molecule has 0 rings (SSSR count). The molecule has 0 aliphatic rings. The number of hydrogen-bond donors (Lipinski definition) is 0. The summed E-state index contributed by atoms with van der Waals surface area (Å²) in [5.74, 6) is 0.0618. The van der Waals surface area contributed by atoms with Gasteiger partial charge in [-0.05, 0) is 13.8 Å². The molecule has 0 saturated heterocycles. The molecule has 3 nitrogen and oxygen atoms in total. The Morgan fingerprint density at radius 3 is 2.45 bits per heavy atom. The summed E-state index contributed by atoms with van der Waals surface area (Å²) in [7, 11) is -2.47. The molecule has 0 aromatic heterocycles. The first-order valence-electron chi connectivity index (χ1n) is 3.68. The molecule has 0 aromatic rings. The molecule has 0 radical (unpaired) electrons. The van der Waals surface area contributed by atoms with Crippen molar-refractivity contribution in [2.45, 2.75) is 20.3 Å². The Bertz CT molecular complexity index is 177. The third kappa shape index (κ3) is 6.27. The molecule has 0 bridgehead atoms. The minimum atomic E-state index is -2.47. The summed E-state index contributed by atoms with van der Waals surface area (Å²) in [6.45, 7) is 5.31. The van der Waals surface area contributed by atoms with E-state index >= 15 is 0 Å². The maximum absolute atomic E-state index is 11.3. The Labute approximate surface area is 67.6 Å². The fourth-order valence-corrected chi connectivity index (χ4v) is 2.09. The van der Waals surface area contributed by atoms with Crippen molar-refractivity contribution in [3.8, 4) is 0 Å². The third-order valence-corrected chi connectivity index (χ3v) is 3.11. The van der Waals surface area contributed by atoms with E-state index in [1.54, 1.807) is 13.6 Å². The molecule has 1 atom stereocenters. The van der Waals surface area contributed by atoms with Crippen LogP contribution in [0.25, 0.3) is 0 Å². The summed E-state index contributed by atoms with van der Waals surface area (Å²) < 4.78 is 16.3. The van der Waals surface area contributed by atoms with Crippen LogP contribution in [0, 0.1) is 0 Å². The lowest BCUT2D eigenvalue weighted by Gasteiger charge is -2.10. The van der Waals surface area contributed by atoms with E-state index < -0.39 is 7.37 Å². The van der Waals surface area contributed by atoms with Crippen molar-refractivity contribution in [2.75, 3.05) is 19.4 Å². The van der Waals surface area contributed by atoms with Gasteiger partial charge in [0.15, 0.2) is 0 Å². The van der Waals surface area contributed by atoms with Crippen LogP contribution < -0.4 is 0 Å². The predicted octanol–water partition coefficient (Wildman–Crippen LogP) is 1.91. The van der Waals surface area contributed by atoms with Gasteiger partial charge in [0.1, 0.15) is 5.78 Å². The largest absolute Gasteiger partial charge is 0.329 e. The van der Waals surface area contributed by atoms with Gasteiger partial charge in [0.05, 0.1) is 6.61 Å². The van der Waals surface area contributed by atoms with Crippen LogP contribution in [0.3, 0.4) is 0 Å². The van der Waals surface area contributed by atoms with Gasteiger partial charge in [0.2, 0.25) is 7.37 Å². The van der Waals surface area contributed by atoms with E-state index in [0.29, 0.717) is 19.2 Å². The zero-order valence-electron chi connectivity index (χ0n) is 7.29. The standard InChI is InChI=1S/C7H15O3P/c1-4-10-11(3,9)6-5-7(2)8/h4-6H2,1-3H3/t11-/m0/s1. The maximum Gasteiger partial charge on any atom is 0.200 e. The number of hydrogen-bond acceptors (Lipinski definition) is 3. The first-order valence-corrected chi connectivity index (χ1v) is 5.94. The summed E-state index contributed by atoms with van der Waals surface area (Å²) >= 11 is 0. The van der Waals surface area contributed by atoms with E-state index in [-0.39, 0.29) is 5.78 Å². The van der Waals surface area contributed by atoms with E-state index in [1.165, 1.54) is 6.92 Å². The number of carbonyl (C=O) groups is 1. The van der Waals surface area contributed by atoms with Gasteiger partial charge in [0.25, 0.3) is 0 Å². The highest BCUT2D eigenvalue weighted by Crippen LogP contribution is 2.42. The van der Waals surface area contributed by atoms with Gasteiger partial charge in [-0.15, -0.1) is 0 Å². The Morgan fingerprint density at radius 1 is 1.55 bits per heavy atom. The summed E-state index contributed by atoms with van der Waals surface area (Å²) in [5.41, 5.74) is 0. The van der Waals surface area contributed by atoms with Crippen molar-refractivity contribution in [1.82, 2.24) is 0 Å². The van der Waals surface area contributed by atoms with Crippen LogP contribution in [-0.2, 0) is 13.9 Å². The SMILES string of the molecule is CCO[P@](C)(=O)CCC(C)=O. The highest BCUT2D eigenvalue weighted by Gasteiger charge is 2.14. The smallest absolute Gasteiger partial charge is 0.200 e. The summed E-state index contributed by atoms with van der Waals surface area (Å²) in [6, 6.07) is 0. The lowest BCUT2D eigenvalue weighted by Crippen LogP contribution is -1.98. The normalized spacial score (nSPS) is 15.9. The second kappa shape index (κ2) is 4.68. The molecule has 0 aliphatic heterocycles. The van der Waals surface area contributed by atoms with Crippen molar-refractivity contribution in [3.05, 3.63) is 0 Å².